The quantitative estimate of drug-likeness (QED) is 0.429. The molecule has 0 saturated carbocycles. The Kier molecular flexibility index (Phi) is 3.11. The number of hydrazone groups is 1. The van der Waals surface area contributed by atoms with Gasteiger partial charge in [-0.15, -0.1) is 0 Å². The maximum absolute atomic E-state index is 4.67. The summed E-state index contributed by atoms with van der Waals surface area (Å²) in [6, 6.07) is 16.2. The van der Waals surface area contributed by atoms with Crippen molar-refractivity contribution in [1.29, 1.82) is 0 Å². The zero-order valence-corrected chi connectivity index (χ0v) is 10.8. The highest BCUT2D eigenvalue weighted by atomic mass is 15.3. The molecule has 94 valence electrons. The van der Waals surface area contributed by atoms with E-state index in [0.29, 0.717) is 0 Å². The Hall–Kier alpha value is -2.42. The Balaban J connectivity index is 2.29. The maximum Gasteiger partial charge on any atom is 0.0749 e. The zero-order valence-electron chi connectivity index (χ0n) is 10.8. The zero-order chi connectivity index (χ0) is 13.1. The molecule has 1 aromatic heterocycles. The van der Waals surface area contributed by atoms with Crippen LogP contribution < -0.4 is 5.43 Å². The van der Waals surface area contributed by atoms with E-state index in [-0.39, 0.29) is 0 Å². The Morgan fingerprint density at radius 3 is 2.16 bits per heavy atom. The summed E-state index contributed by atoms with van der Waals surface area (Å²) in [4.78, 5) is 4.67. The van der Waals surface area contributed by atoms with E-state index in [4.69, 9.17) is 0 Å². The lowest BCUT2D eigenvalue weighted by molar-refractivity contribution is 1.27. The van der Waals surface area contributed by atoms with E-state index in [0.717, 1.165) is 33.9 Å². The van der Waals surface area contributed by atoms with E-state index in [1.807, 2.05) is 42.6 Å². The molecule has 1 heterocycles. The van der Waals surface area contributed by atoms with E-state index < -0.39 is 0 Å². The number of para-hydroxylation sites is 2. The fraction of sp³-hybridized carbons (Fsp3) is 0.125. The lowest BCUT2D eigenvalue weighted by Gasteiger charge is -2.09. The van der Waals surface area contributed by atoms with Crippen molar-refractivity contribution in [3.05, 3.63) is 48.5 Å². The van der Waals surface area contributed by atoms with Crippen molar-refractivity contribution >= 4 is 33.7 Å². The molecule has 0 aliphatic carbocycles. The first-order valence-electron chi connectivity index (χ1n) is 6.45. The molecule has 0 spiro atoms. The lowest BCUT2D eigenvalue weighted by Crippen LogP contribution is -1.94. The first-order chi connectivity index (χ1) is 9.40. The minimum absolute atomic E-state index is 0.911. The first-order valence-corrected chi connectivity index (χ1v) is 6.45. The van der Waals surface area contributed by atoms with Crippen molar-refractivity contribution in [3.63, 3.8) is 0 Å². The van der Waals surface area contributed by atoms with Gasteiger partial charge in [0.2, 0.25) is 0 Å². The third-order valence-corrected chi connectivity index (χ3v) is 3.04. The molecule has 0 amide bonds. The Bertz CT molecular complexity index is 693. The minimum atomic E-state index is 0.911. The van der Waals surface area contributed by atoms with Crippen LogP contribution in [0.5, 0.6) is 0 Å². The molecule has 0 unspecified atom stereocenters. The van der Waals surface area contributed by atoms with Crippen LogP contribution in [0.25, 0.3) is 21.8 Å². The molecule has 0 radical (unpaired) electrons. The molecule has 3 aromatic rings. The summed E-state index contributed by atoms with van der Waals surface area (Å²) in [7, 11) is 0. The molecule has 1 N–H and O–H groups in total. The van der Waals surface area contributed by atoms with Crippen molar-refractivity contribution < 1.29 is 0 Å². The summed E-state index contributed by atoms with van der Waals surface area (Å²) in [5, 5.41) is 6.44. The van der Waals surface area contributed by atoms with Crippen LogP contribution in [0.3, 0.4) is 0 Å². The van der Waals surface area contributed by atoms with Crippen molar-refractivity contribution in [1.82, 2.24) is 4.98 Å². The van der Waals surface area contributed by atoms with Gasteiger partial charge in [-0.3, -0.25) is 5.43 Å². The topological polar surface area (TPSA) is 37.3 Å². The molecule has 3 nitrogen and oxygen atoms in total. The fourth-order valence-electron chi connectivity index (χ4n) is 2.16. The van der Waals surface area contributed by atoms with E-state index in [1.165, 1.54) is 0 Å². The summed E-state index contributed by atoms with van der Waals surface area (Å²) in [6.07, 6.45) is 2.78. The highest BCUT2D eigenvalue weighted by molar-refractivity contribution is 6.07. The highest BCUT2D eigenvalue weighted by Crippen LogP contribution is 2.30. The first kappa shape index (κ1) is 11.7. The Labute approximate surface area is 112 Å². The van der Waals surface area contributed by atoms with E-state index in [2.05, 4.69) is 34.6 Å². The van der Waals surface area contributed by atoms with Gasteiger partial charge in [0.15, 0.2) is 0 Å². The second-order valence-electron chi connectivity index (χ2n) is 4.35. The molecular weight excluding hydrogens is 234 g/mol. The van der Waals surface area contributed by atoms with Gasteiger partial charge in [0, 0.05) is 17.0 Å². The van der Waals surface area contributed by atoms with Crippen LogP contribution in [0, 0.1) is 0 Å². The molecule has 2 aromatic carbocycles. The van der Waals surface area contributed by atoms with Crippen LogP contribution in [0.15, 0.2) is 53.6 Å². The standard InChI is InChI=1S/C16H15N3/c1-2-11-17-19-16-12-7-3-5-9-14(12)18-15-10-6-4-8-13(15)16/h3-11H,2H2,1H3,(H,18,19). The molecule has 0 fully saturated rings. The second-order valence-corrected chi connectivity index (χ2v) is 4.35. The van der Waals surface area contributed by atoms with Gasteiger partial charge in [0.05, 0.1) is 16.7 Å². The van der Waals surface area contributed by atoms with Crippen molar-refractivity contribution in [2.45, 2.75) is 13.3 Å². The van der Waals surface area contributed by atoms with Crippen LogP contribution >= 0.6 is 0 Å². The molecule has 19 heavy (non-hydrogen) atoms. The monoisotopic (exact) mass is 249 g/mol. The van der Waals surface area contributed by atoms with Gasteiger partial charge in [0.25, 0.3) is 0 Å². The molecule has 0 bridgehead atoms. The molecule has 0 aliphatic heterocycles. The molecule has 0 aliphatic rings. The molecular formula is C16H15N3. The van der Waals surface area contributed by atoms with Gasteiger partial charge >= 0.3 is 0 Å². The van der Waals surface area contributed by atoms with Gasteiger partial charge in [-0.25, -0.2) is 4.98 Å². The molecule has 0 atom stereocenters. The number of hydrogen-bond donors (Lipinski definition) is 1. The summed E-state index contributed by atoms with van der Waals surface area (Å²) < 4.78 is 0. The number of hydrogen-bond acceptors (Lipinski definition) is 3. The number of pyridine rings is 1. The number of nitrogens with one attached hydrogen (secondary N) is 1. The molecule has 0 saturated heterocycles. The van der Waals surface area contributed by atoms with Crippen molar-refractivity contribution in [3.8, 4) is 0 Å². The van der Waals surface area contributed by atoms with E-state index >= 15 is 0 Å². The number of anilines is 1. The van der Waals surface area contributed by atoms with Gasteiger partial charge < -0.3 is 0 Å². The van der Waals surface area contributed by atoms with Gasteiger partial charge in [-0.2, -0.15) is 5.10 Å². The largest absolute Gasteiger partial charge is 0.277 e. The number of benzene rings is 2. The summed E-state index contributed by atoms with van der Waals surface area (Å²) in [5.41, 5.74) is 6.14. The summed E-state index contributed by atoms with van der Waals surface area (Å²) in [6.45, 7) is 2.06. The summed E-state index contributed by atoms with van der Waals surface area (Å²) in [5.74, 6) is 0. The SMILES string of the molecule is CCC=NNc1c2ccccc2nc2ccccc12. The van der Waals surface area contributed by atoms with Gasteiger partial charge in [-0.1, -0.05) is 43.3 Å². The van der Waals surface area contributed by atoms with Crippen molar-refractivity contribution in [2.75, 3.05) is 5.43 Å². The molecule has 3 heteroatoms. The van der Waals surface area contributed by atoms with Gasteiger partial charge in [0.1, 0.15) is 0 Å². The number of fused-ring (bicyclic) bond motifs is 2. The minimum Gasteiger partial charge on any atom is -0.277 e. The average Bonchev–Trinajstić information content (AvgIpc) is 2.46. The normalized spacial score (nSPS) is 11.4. The number of rotatable bonds is 3. The van der Waals surface area contributed by atoms with E-state index in [1.54, 1.807) is 0 Å². The van der Waals surface area contributed by atoms with Crippen LogP contribution in [-0.4, -0.2) is 11.2 Å². The summed E-state index contributed by atoms with van der Waals surface area (Å²) >= 11 is 0. The second kappa shape index (κ2) is 5.06. The van der Waals surface area contributed by atoms with Crippen LogP contribution in [0.1, 0.15) is 13.3 Å². The molecule has 3 rings (SSSR count). The predicted molar refractivity (Wildman–Crippen MR) is 81.7 cm³/mol. The maximum atomic E-state index is 4.67. The highest BCUT2D eigenvalue weighted by Gasteiger charge is 2.07. The smallest absolute Gasteiger partial charge is 0.0749 e. The van der Waals surface area contributed by atoms with Crippen LogP contribution in [0.2, 0.25) is 0 Å². The van der Waals surface area contributed by atoms with Crippen LogP contribution in [0.4, 0.5) is 5.69 Å². The Morgan fingerprint density at radius 2 is 1.58 bits per heavy atom. The number of nitrogens with zero attached hydrogens (tertiary/aromatic N) is 2. The third kappa shape index (κ3) is 2.15. The van der Waals surface area contributed by atoms with Gasteiger partial charge in [-0.05, 0) is 18.6 Å². The average molecular weight is 249 g/mol. The Morgan fingerprint density at radius 1 is 1.00 bits per heavy atom. The van der Waals surface area contributed by atoms with Crippen LogP contribution in [-0.2, 0) is 0 Å². The third-order valence-electron chi connectivity index (χ3n) is 3.04. The lowest BCUT2D eigenvalue weighted by atomic mass is 10.1. The van der Waals surface area contributed by atoms with E-state index in [9.17, 15) is 0 Å². The fourth-order valence-corrected chi connectivity index (χ4v) is 2.16. The van der Waals surface area contributed by atoms with Crippen molar-refractivity contribution in [2.24, 2.45) is 5.10 Å². The number of aromatic nitrogens is 1. The predicted octanol–water partition coefficient (Wildman–Crippen LogP) is 4.20.